The van der Waals surface area contributed by atoms with E-state index in [1.807, 2.05) is 75.4 Å². The van der Waals surface area contributed by atoms with Gasteiger partial charge in [-0.1, -0.05) is 66.2 Å². The number of benzene rings is 3. The molecule has 0 spiro atoms. The maximum absolute atomic E-state index is 13.7. The van der Waals surface area contributed by atoms with Crippen molar-refractivity contribution in [2.24, 2.45) is 0 Å². The zero-order chi connectivity index (χ0) is 25.8. The zero-order valence-corrected chi connectivity index (χ0v) is 21.7. The number of nitrogens with one attached hydrogen (secondary N) is 1. The first-order valence-electron chi connectivity index (χ1n) is 11.6. The lowest BCUT2D eigenvalue weighted by Gasteiger charge is -2.32. The lowest BCUT2D eigenvalue weighted by atomic mass is 10.1. The first-order valence-corrected chi connectivity index (χ1v) is 13.4. The largest absolute Gasteiger partial charge is 0.352 e. The molecule has 0 aliphatic heterocycles. The molecule has 7 nitrogen and oxygen atoms in total. The summed E-state index contributed by atoms with van der Waals surface area (Å²) in [7, 11) is -3.80. The third-order valence-electron chi connectivity index (χ3n) is 5.75. The van der Waals surface area contributed by atoms with Crippen molar-refractivity contribution >= 4 is 38.3 Å². The van der Waals surface area contributed by atoms with Crippen LogP contribution in [0, 0.1) is 6.92 Å². The van der Waals surface area contributed by atoms with E-state index in [1.165, 1.54) is 4.90 Å². The van der Waals surface area contributed by atoms with Crippen molar-refractivity contribution < 1.29 is 18.0 Å². The van der Waals surface area contributed by atoms with E-state index in [4.69, 9.17) is 0 Å². The molecule has 8 heteroatoms. The first kappa shape index (κ1) is 26.2. The van der Waals surface area contributed by atoms with Crippen LogP contribution < -0.4 is 9.62 Å². The van der Waals surface area contributed by atoms with Gasteiger partial charge in [-0.05, 0) is 44.7 Å². The predicted octanol–water partition coefficient (Wildman–Crippen LogP) is 3.86. The third kappa shape index (κ3) is 6.60. The second-order valence-corrected chi connectivity index (χ2v) is 11.0. The highest BCUT2D eigenvalue weighted by Crippen LogP contribution is 2.28. The van der Waals surface area contributed by atoms with E-state index in [0.29, 0.717) is 5.69 Å². The summed E-state index contributed by atoms with van der Waals surface area (Å²) < 4.78 is 26.8. The Kier molecular flexibility index (Phi) is 8.17. The van der Waals surface area contributed by atoms with Crippen LogP contribution in [-0.2, 0) is 26.2 Å². The van der Waals surface area contributed by atoms with Crippen LogP contribution in [-0.4, -0.2) is 50.0 Å². The van der Waals surface area contributed by atoms with E-state index < -0.39 is 28.5 Å². The fourth-order valence-corrected chi connectivity index (χ4v) is 4.88. The number of amides is 2. The van der Waals surface area contributed by atoms with Crippen LogP contribution in [0.25, 0.3) is 10.8 Å². The van der Waals surface area contributed by atoms with E-state index in [9.17, 15) is 18.0 Å². The Bertz CT molecular complexity index is 1320. The fourth-order valence-electron chi connectivity index (χ4n) is 4.02. The molecule has 186 valence electrons. The number of hydrogen-bond donors (Lipinski definition) is 1. The molecule has 0 saturated heterocycles. The Morgan fingerprint density at radius 2 is 1.60 bits per heavy atom. The minimum Gasteiger partial charge on any atom is -0.352 e. The number of sulfonamides is 1. The minimum atomic E-state index is -3.80. The third-order valence-corrected chi connectivity index (χ3v) is 6.87. The number of carbonyl (C=O) groups is 2. The number of carbonyl (C=O) groups excluding carboxylic acids is 2. The van der Waals surface area contributed by atoms with Gasteiger partial charge in [0.15, 0.2) is 0 Å². The number of hydrogen-bond acceptors (Lipinski definition) is 4. The topological polar surface area (TPSA) is 86.8 Å². The van der Waals surface area contributed by atoms with Crippen LogP contribution in [0.15, 0.2) is 66.7 Å². The van der Waals surface area contributed by atoms with Crippen molar-refractivity contribution in [1.29, 1.82) is 0 Å². The summed E-state index contributed by atoms with van der Waals surface area (Å²) in [5, 5.41) is 4.44. The molecule has 0 aromatic heterocycles. The summed E-state index contributed by atoms with van der Waals surface area (Å²) in [5.41, 5.74) is 2.31. The average Bonchev–Trinajstić information content (AvgIpc) is 2.79. The highest BCUT2D eigenvalue weighted by Gasteiger charge is 2.30. The molecule has 3 rings (SSSR count). The van der Waals surface area contributed by atoms with Crippen molar-refractivity contribution in [1.82, 2.24) is 10.2 Å². The van der Waals surface area contributed by atoms with E-state index in [1.54, 1.807) is 19.1 Å². The van der Waals surface area contributed by atoms with Gasteiger partial charge in [0.2, 0.25) is 21.8 Å². The van der Waals surface area contributed by atoms with Crippen molar-refractivity contribution in [2.75, 3.05) is 17.1 Å². The van der Waals surface area contributed by atoms with Crippen LogP contribution in [0.1, 0.15) is 31.9 Å². The van der Waals surface area contributed by atoms with Gasteiger partial charge in [-0.15, -0.1) is 0 Å². The molecule has 0 fully saturated rings. The normalized spacial score (nSPS) is 12.4. The van der Waals surface area contributed by atoms with Crippen molar-refractivity contribution in [3.05, 3.63) is 77.9 Å². The summed E-state index contributed by atoms with van der Waals surface area (Å²) in [6.45, 7) is 7.08. The predicted molar refractivity (Wildman–Crippen MR) is 141 cm³/mol. The van der Waals surface area contributed by atoms with Crippen molar-refractivity contribution in [2.45, 2.75) is 46.3 Å². The maximum Gasteiger partial charge on any atom is 0.244 e. The van der Waals surface area contributed by atoms with E-state index in [-0.39, 0.29) is 18.5 Å². The second-order valence-electron chi connectivity index (χ2n) is 9.12. The number of fused-ring (bicyclic) bond motifs is 1. The van der Waals surface area contributed by atoms with Gasteiger partial charge in [-0.2, -0.15) is 0 Å². The van der Waals surface area contributed by atoms with E-state index in [2.05, 4.69) is 5.32 Å². The standard InChI is InChI=1S/C27H33N3O4S/c1-19(2)28-27(32)21(4)29(17-22-11-8-10-20(3)16-22)26(31)18-30(35(5,33)34)25-15-9-13-23-12-6-7-14-24(23)25/h6-16,19,21H,17-18H2,1-5H3,(H,28,32). The van der Waals surface area contributed by atoms with Gasteiger partial charge in [0.1, 0.15) is 12.6 Å². The average molecular weight is 496 g/mol. The van der Waals surface area contributed by atoms with Gasteiger partial charge in [0.25, 0.3) is 0 Å². The minimum absolute atomic E-state index is 0.0935. The molecule has 0 aliphatic carbocycles. The van der Waals surface area contributed by atoms with Crippen molar-refractivity contribution in [3.63, 3.8) is 0 Å². The van der Waals surface area contributed by atoms with Gasteiger partial charge in [0.05, 0.1) is 11.9 Å². The molecule has 1 atom stereocenters. The molecule has 0 heterocycles. The quantitative estimate of drug-likeness (QED) is 0.488. The van der Waals surface area contributed by atoms with Gasteiger partial charge in [-0.25, -0.2) is 8.42 Å². The molecule has 2 amide bonds. The summed E-state index contributed by atoms with van der Waals surface area (Å²) >= 11 is 0. The Morgan fingerprint density at radius 3 is 2.26 bits per heavy atom. The van der Waals surface area contributed by atoms with E-state index in [0.717, 1.165) is 32.5 Å². The lowest BCUT2D eigenvalue weighted by molar-refractivity contribution is -0.139. The molecule has 1 unspecified atom stereocenters. The molecule has 1 N–H and O–H groups in total. The van der Waals surface area contributed by atoms with E-state index >= 15 is 0 Å². The van der Waals surface area contributed by atoms with Crippen LogP contribution in [0.4, 0.5) is 5.69 Å². The Hall–Kier alpha value is -3.39. The Labute approximate surface area is 207 Å². The van der Waals surface area contributed by atoms with Gasteiger partial charge in [-0.3, -0.25) is 13.9 Å². The molecule has 0 saturated carbocycles. The molecule has 0 bridgehead atoms. The Balaban J connectivity index is 2.00. The smallest absolute Gasteiger partial charge is 0.244 e. The monoisotopic (exact) mass is 495 g/mol. The number of rotatable bonds is 9. The number of nitrogens with zero attached hydrogens (tertiary/aromatic N) is 2. The molecule has 3 aromatic carbocycles. The van der Waals surface area contributed by atoms with Gasteiger partial charge >= 0.3 is 0 Å². The lowest BCUT2D eigenvalue weighted by Crippen LogP contribution is -2.52. The highest BCUT2D eigenvalue weighted by molar-refractivity contribution is 7.92. The maximum atomic E-state index is 13.7. The molecular formula is C27H33N3O4S. The van der Waals surface area contributed by atoms with Crippen LogP contribution in [0.5, 0.6) is 0 Å². The SMILES string of the molecule is Cc1cccc(CN(C(=O)CN(c2cccc3ccccc23)S(C)(=O)=O)C(C)C(=O)NC(C)C)c1. The fraction of sp³-hybridized carbons (Fsp3) is 0.333. The molecular weight excluding hydrogens is 462 g/mol. The summed E-state index contributed by atoms with van der Waals surface area (Å²) in [5.74, 6) is -0.756. The van der Waals surface area contributed by atoms with Crippen LogP contribution in [0.3, 0.4) is 0 Å². The molecule has 35 heavy (non-hydrogen) atoms. The first-order chi connectivity index (χ1) is 16.5. The summed E-state index contributed by atoms with van der Waals surface area (Å²) in [6.07, 6.45) is 1.09. The number of anilines is 1. The van der Waals surface area contributed by atoms with Crippen LogP contribution in [0.2, 0.25) is 0 Å². The summed E-state index contributed by atoms with van der Waals surface area (Å²) in [4.78, 5) is 28.0. The Morgan fingerprint density at radius 1 is 0.943 bits per heavy atom. The number of aryl methyl sites for hydroxylation is 1. The molecule has 0 radical (unpaired) electrons. The second kappa shape index (κ2) is 10.9. The summed E-state index contributed by atoms with van der Waals surface area (Å²) in [6, 6.07) is 19.6. The van der Waals surface area contributed by atoms with Crippen LogP contribution >= 0.6 is 0 Å². The zero-order valence-electron chi connectivity index (χ0n) is 20.9. The van der Waals surface area contributed by atoms with Gasteiger partial charge < -0.3 is 10.2 Å². The highest BCUT2D eigenvalue weighted by atomic mass is 32.2. The van der Waals surface area contributed by atoms with Gasteiger partial charge in [0, 0.05) is 18.0 Å². The molecule has 3 aromatic rings. The molecule has 0 aliphatic rings. The van der Waals surface area contributed by atoms with Crippen molar-refractivity contribution in [3.8, 4) is 0 Å².